The van der Waals surface area contributed by atoms with Crippen molar-refractivity contribution in [1.29, 1.82) is 0 Å². The Morgan fingerprint density at radius 2 is 1.76 bits per heavy atom. The number of rotatable bonds is 8. The molecule has 0 saturated carbocycles. The zero-order valence-corrected chi connectivity index (χ0v) is 10.1. The van der Waals surface area contributed by atoms with Gasteiger partial charge in [-0.05, 0) is 6.42 Å². The van der Waals surface area contributed by atoms with Gasteiger partial charge in [0, 0.05) is 0 Å². The molecule has 0 rings (SSSR count). The summed E-state index contributed by atoms with van der Waals surface area (Å²) < 4.78 is 0. The van der Waals surface area contributed by atoms with E-state index in [9.17, 15) is 9.59 Å². The lowest BCUT2D eigenvalue weighted by Gasteiger charge is -2.05. The van der Waals surface area contributed by atoms with Crippen LogP contribution >= 0.6 is 0 Å². The molecule has 0 heterocycles. The van der Waals surface area contributed by atoms with E-state index in [1.807, 2.05) is 0 Å². The van der Waals surface area contributed by atoms with E-state index in [0.29, 0.717) is 6.42 Å². The van der Waals surface area contributed by atoms with E-state index in [4.69, 9.17) is 10.2 Å². The number of aliphatic hydroxyl groups is 2. The molecule has 1 unspecified atom stereocenters. The highest BCUT2D eigenvalue weighted by Crippen LogP contribution is 2.05. The van der Waals surface area contributed by atoms with Crippen molar-refractivity contribution in [3.05, 3.63) is 0 Å². The van der Waals surface area contributed by atoms with E-state index < -0.39 is 24.6 Å². The summed E-state index contributed by atoms with van der Waals surface area (Å²) in [5.41, 5.74) is 0. The molecule has 6 nitrogen and oxygen atoms in total. The Labute approximate surface area is 100 Å². The van der Waals surface area contributed by atoms with Crippen molar-refractivity contribution < 1.29 is 29.6 Å². The Morgan fingerprint density at radius 3 is 2.35 bits per heavy atom. The maximum Gasteiger partial charge on any atom is 0.386 e. The first-order chi connectivity index (χ1) is 8.11. The number of carbonyl (C=O) groups is 2. The van der Waals surface area contributed by atoms with Gasteiger partial charge in [0.05, 0.1) is 13.0 Å². The molecule has 2 N–H and O–H groups in total. The lowest BCUT2D eigenvalue weighted by Crippen LogP contribution is -2.27. The summed E-state index contributed by atoms with van der Waals surface area (Å²) in [4.78, 5) is 30.0. The fourth-order valence-corrected chi connectivity index (χ4v) is 1.13. The summed E-state index contributed by atoms with van der Waals surface area (Å²) in [5.74, 6) is -1.83. The van der Waals surface area contributed by atoms with Crippen LogP contribution in [-0.2, 0) is 19.4 Å². The van der Waals surface area contributed by atoms with Gasteiger partial charge in [-0.3, -0.25) is 0 Å². The third kappa shape index (κ3) is 8.65. The second-order valence-corrected chi connectivity index (χ2v) is 3.72. The van der Waals surface area contributed by atoms with Gasteiger partial charge in [0.2, 0.25) is 0 Å². The molecule has 0 spiro atoms. The Morgan fingerprint density at radius 1 is 1.12 bits per heavy atom. The second kappa shape index (κ2) is 10.0. The average molecular weight is 248 g/mol. The molecule has 0 fully saturated rings. The SMILES string of the molecule is CCCCCCCC(=O)OOC(=O)C(O)CO. The van der Waals surface area contributed by atoms with E-state index >= 15 is 0 Å². The molecule has 0 aliphatic heterocycles. The third-order valence-electron chi connectivity index (χ3n) is 2.15. The fourth-order valence-electron chi connectivity index (χ4n) is 1.13. The van der Waals surface area contributed by atoms with Crippen LogP contribution in [0.3, 0.4) is 0 Å². The topological polar surface area (TPSA) is 93.1 Å². The standard InChI is InChI=1S/C11H20O6/c1-2-3-4-5-6-7-10(14)16-17-11(15)9(13)8-12/h9,12-13H,2-8H2,1H3. The van der Waals surface area contributed by atoms with Crippen molar-refractivity contribution in [3.63, 3.8) is 0 Å². The molecule has 0 aromatic carbocycles. The monoisotopic (exact) mass is 248 g/mol. The van der Waals surface area contributed by atoms with Crippen molar-refractivity contribution >= 4 is 11.9 Å². The van der Waals surface area contributed by atoms with Gasteiger partial charge in [0.25, 0.3) is 0 Å². The number of unbranched alkanes of at least 4 members (excludes halogenated alkanes) is 4. The predicted octanol–water partition coefficient (Wildman–Crippen LogP) is 0.702. The molecule has 100 valence electrons. The van der Waals surface area contributed by atoms with Crippen LogP contribution in [0.2, 0.25) is 0 Å². The van der Waals surface area contributed by atoms with Gasteiger partial charge in [0.1, 0.15) is 0 Å². The van der Waals surface area contributed by atoms with Gasteiger partial charge in [-0.1, -0.05) is 32.6 Å². The number of hydrogen-bond donors (Lipinski definition) is 2. The Hall–Kier alpha value is -1.14. The van der Waals surface area contributed by atoms with E-state index in [-0.39, 0.29) is 6.42 Å². The Balaban J connectivity index is 3.49. The molecule has 0 aromatic rings. The fraction of sp³-hybridized carbons (Fsp3) is 0.818. The molecule has 0 bridgehead atoms. The van der Waals surface area contributed by atoms with Crippen molar-refractivity contribution in [2.45, 2.75) is 51.6 Å². The summed E-state index contributed by atoms with van der Waals surface area (Å²) in [7, 11) is 0. The summed E-state index contributed by atoms with van der Waals surface area (Å²) in [6, 6.07) is 0. The van der Waals surface area contributed by atoms with Gasteiger partial charge >= 0.3 is 11.9 Å². The van der Waals surface area contributed by atoms with Gasteiger partial charge in [0.15, 0.2) is 6.10 Å². The zero-order valence-electron chi connectivity index (χ0n) is 10.1. The molecule has 1 atom stereocenters. The predicted molar refractivity (Wildman–Crippen MR) is 58.7 cm³/mol. The largest absolute Gasteiger partial charge is 0.393 e. The maximum atomic E-state index is 11.0. The number of aliphatic hydroxyl groups excluding tert-OH is 2. The molecule has 0 aromatic heterocycles. The molecule has 0 amide bonds. The maximum absolute atomic E-state index is 11.0. The first-order valence-electron chi connectivity index (χ1n) is 5.82. The molecule has 0 aliphatic rings. The van der Waals surface area contributed by atoms with Crippen LogP contribution in [0, 0.1) is 0 Å². The molecular weight excluding hydrogens is 228 g/mol. The van der Waals surface area contributed by atoms with Gasteiger partial charge < -0.3 is 10.2 Å². The van der Waals surface area contributed by atoms with E-state index in [2.05, 4.69) is 16.7 Å². The summed E-state index contributed by atoms with van der Waals surface area (Å²) in [6.45, 7) is 1.33. The highest BCUT2D eigenvalue weighted by atomic mass is 17.2. The number of hydrogen-bond acceptors (Lipinski definition) is 6. The first kappa shape index (κ1) is 15.9. The van der Waals surface area contributed by atoms with Gasteiger partial charge in [-0.15, -0.1) is 0 Å². The van der Waals surface area contributed by atoms with E-state index in [1.54, 1.807) is 0 Å². The van der Waals surface area contributed by atoms with Crippen molar-refractivity contribution in [3.8, 4) is 0 Å². The van der Waals surface area contributed by atoms with Gasteiger partial charge in [-0.25, -0.2) is 19.4 Å². The first-order valence-corrected chi connectivity index (χ1v) is 5.82. The molecule has 17 heavy (non-hydrogen) atoms. The third-order valence-corrected chi connectivity index (χ3v) is 2.15. The molecular formula is C11H20O6. The minimum absolute atomic E-state index is 0.173. The van der Waals surface area contributed by atoms with Crippen molar-refractivity contribution in [2.24, 2.45) is 0 Å². The Kier molecular flexibility index (Phi) is 9.37. The summed E-state index contributed by atoms with van der Waals surface area (Å²) >= 11 is 0. The van der Waals surface area contributed by atoms with Gasteiger partial charge in [-0.2, -0.15) is 0 Å². The molecule has 0 aliphatic carbocycles. The molecule has 0 radical (unpaired) electrons. The van der Waals surface area contributed by atoms with E-state index in [1.165, 1.54) is 0 Å². The minimum Gasteiger partial charge on any atom is -0.393 e. The minimum atomic E-state index is -1.67. The van der Waals surface area contributed by atoms with Crippen LogP contribution in [0.5, 0.6) is 0 Å². The second-order valence-electron chi connectivity index (χ2n) is 3.72. The summed E-state index contributed by atoms with van der Waals surface area (Å²) in [5, 5.41) is 17.2. The van der Waals surface area contributed by atoms with Crippen molar-refractivity contribution in [2.75, 3.05) is 6.61 Å². The van der Waals surface area contributed by atoms with Crippen LogP contribution in [0.1, 0.15) is 45.4 Å². The Bertz CT molecular complexity index is 228. The summed E-state index contributed by atoms with van der Waals surface area (Å²) in [6.07, 6.45) is 3.43. The highest BCUT2D eigenvalue weighted by Gasteiger charge is 2.18. The van der Waals surface area contributed by atoms with Crippen LogP contribution in [0.25, 0.3) is 0 Å². The van der Waals surface area contributed by atoms with Crippen LogP contribution in [0.15, 0.2) is 0 Å². The average Bonchev–Trinajstić information content (AvgIpc) is 2.34. The normalized spacial score (nSPS) is 11.9. The molecule has 0 saturated heterocycles. The van der Waals surface area contributed by atoms with Crippen LogP contribution in [0.4, 0.5) is 0 Å². The van der Waals surface area contributed by atoms with E-state index in [0.717, 1.165) is 25.7 Å². The van der Waals surface area contributed by atoms with Crippen molar-refractivity contribution in [1.82, 2.24) is 0 Å². The quantitative estimate of drug-likeness (QED) is 0.373. The highest BCUT2D eigenvalue weighted by molar-refractivity contribution is 5.75. The van der Waals surface area contributed by atoms with Crippen LogP contribution in [-0.4, -0.2) is 34.9 Å². The number of carbonyl (C=O) groups excluding carboxylic acids is 2. The molecule has 6 heteroatoms. The smallest absolute Gasteiger partial charge is 0.386 e. The lowest BCUT2D eigenvalue weighted by molar-refractivity contribution is -0.265. The zero-order chi connectivity index (χ0) is 13.1. The lowest BCUT2D eigenvalue weighted by atomic mass is 10.1. The van der Waals surface area contributed by atoms with Crippen LogP contribution < -0.4 is 0 Å².